The van der Waals surface area contributed by atoms with Crippen LogP contribution in [0.1, 0.15) is 19.4 Å². The van der Waals surface area contributed by atoms with Gasteiger partial charge < -0.3 is 15.1 Å². The highest BCUT2D eigenvalue weighted by atomic mass is 16.4. The van der Waals surface area contributed by atoms with Gasteiger partial charge in [-0.2, -0.15) is 0 Å². The number of rotatable bonds is 3. The number of likely N-dealkylation sites (N-methyl/N-ethyl adjacent to an activating group) is 1. The number of hydrogen-bond acceptors (Lipinski definition) is 3. The van der Waals surface area contributed by atoms with Crippen molar-refractivity contribution in [2.75, 3.05) is 7.05 Å². The number of hydrogen-bond donors (Lipinski definition) is 2. The molecular weight excluding hydrogens is 222 g/mol. The first-order valence-corrected chi connectivity index (χ1v) is 5.07. The maximum absolute atomic E-state index is 11.4. The van der Waals surface area contributed by atoms with Gasteiger partial charge in [-0.15, -0.1) is 0 Å². The lowest BCUT2D eigenvalue weighted by atomic mass is 9.90. The zero-order valence-electron chi connectivity index (χ0n) is 9.97. The Balaban J connectivity index is 3.30. The lowest BCUT2D eigenvalue weighted by Crippen LogP contribution is -2.49. The molecule has 0 spiro atoms. The molecule has 92 valence electrons. The van der Waals surface area contributed by atoms with Gasteiger partial charge in [-0.1, -0.05) is 12.1 Å². The molecular formula is C12H15NO4. The molecule has 0 heterocycles. The molecule has 5 heteroatoms. The lowest BCUT2D eigenvalue weighted by molar-refractivity contribution is -0.156. The molecule has 0 saturated heterocycles. The van der Waals surface area contributed by atoms with Crippen LogP contribution >= 0.6 is 0 Å². The van der Waals surface area contributed by atoms with E-state index in [1.165, 1.54) is 45.2 Å². The molecule has 0 bridgehead atoms. The highest BCUT2D eigenvalue weighted by Gasteiger charge is 2.40. The number of phenolic OH excluding ortho intramolecular Hbond substituents is 1. The van der Waals surface area contributed by atoms with Crippen LogP contribution in [0, 0.1) is 0 Å². The highest BCUT2D eigenvalue weighted by molar-refractivity contribution is 5.86. The van der Waals surface area contributed by atoms with E-state index in [1.807, 2.05) is 0 Å². The normalized spacial score (nSPS) is 13.8. The van der Waals surface area contributed by atoms with Crippen LogP contribution in [0.15, 0.2) is 24.3 Å². The van der Waals surface area contributed by atoms with Gasteiger partial charge in [-0.05, 0) is 24.6 Å². The third-order valence-corrected chi connectivity index (χ3v) is 2.99. The van der Waals surface area contributed by atoms with Crippen molar-refractivity contribution in [1.82, 2.24) is 4.90 Å². The average Bonchev–Trinajstić information content (AvgIpc) is 2.27. The summed E-state index contributed by atoms with van der Waals surface area (Å²) in [7, 11) is 1.43. The van der Waals surface area contributed by atoms with Gasteiger partial charge in [0.15, 0.2) is 5.54 Å². The van der Waals surface area contributed by atoms with Crippen LogP contribution in [0.2, 0.25) is 0 Å². The van der Waals surface area contributed by atoms with Gasteiger partial charge >= 0.3 is 5.97 Å². The number of carbonyl (C=O) groups is 2. The van der Waals surface area contributed by atoms with E-state index in [9.17, 15) is 19.8 Å². The van der Waals surface area contributed by atoms with Crippen LogP contribution in [0.3, 0.4) is 0 Å². The smallest absolute Gasteiger partial charge is 0.334 e. The Bertz CT molecular complexity index is 440. The van der Waals surface area contributed by atoms with Gasteiger partial charge in [0.1, 0.15) is 5.75 Å². The monoisotopic (exact) mass is 237 g/mol. The van der Waals surface area contributed by atoms with Crippen LogP contribution in [0.5, 0.6) is 5.75 Å². The van der Waals surface area contributed by atoms with Crippen molar-refractivity contribution in [3.8, 4) is 5.75 Å². The van der Waals surface area contributed by atoms with Crippen molar-refractivity contribution in [3.63, 3.8) is 0 Å². The minimum atomic E-state index is -1.44. The summed E-state index contributed by atoms with van der Waals surface area (Å²) >= 11 is 0. The first-order valence-electron chi connectivity index (χ1n) is 5.07. The number of aromatic hydroxyl groups is 1. The van der Waals surface area contributed by atoms with Crippen LogP contribution in [0.4, 0.5) is 0 Å². The summed E-state index contributed by atoms with van der Waals surface area (Å²) in [6.45, 7) is 2.75. The zero-order valence-corrected chi connectivity index (χ0v) is 9.97. The summed E-state index contributed by atoms with van der Waals surface area (Å²) in [6.07, 6.45) is 0. The van der Waals surface area contributed by atoms with Crippen LogP contribution < -0.4 is 0 Å². The molecule has 0 radical (unpaired) electrons. The van der Waals surface area contributed by atoms with E-state index in [1.54, 1.807) is 0 Å². The fraction of sp³-hybridized carbons (Fsp3) is 0.333. The fourth-order valence-corrected chi connectivity index (χ4v) is 1.56. The van der Waals surface area contributed by atoms with E-state index in [-0.39, 0.29) is 11.7 Å². The maximum atomic E-state index is 11.4. The van der Waals surface area contributed by atoms with Crippen molar-refractivity contribution in [2.24, 2.45) is 0 Å². The Labute approximate surface area is 99.3 Å². The first-order chi connectivity index (χ1) is 7.80. The Hall–Kier alpha value is -2.04. The molecule has 1 aromatic carbocycles. The molecule has 5 nitrogen and oxygen atoms in total. The third kappa shape index (κ3) is 2.22. The van der Waals surface area contributed by atoms with Crippen molar-refractivity contribution >= 4 is 11.9 Å². The third-order valence-electron chi connectivity index (χ3n) is 2.99. The predicted molar refractivity (Wildman–Crippen MR) is 61.5 cm³/mol. The molecule has 0 aliphatic carbocycles. The molecule has 1 rings (SSSR count). The fourth-order valence-electron chi connectivity index (χ4n) is 1.56. The molecule has 0 saturated carbocycles. The molecule has 1 aromatic rings. The number of amides is 1. The summed E-state index contributed by atoms with van der Waals surface area (Å²) in [5.74, 6) is -1.42. The minimum absolute atomic E-state index is 0.0481. The molecule has 0 aromatic heterocycles. The largest absolute Gasteiger partial charge is 0.508 e. The van der Waals surface area contributed by atoms with Crippen LogP contribution in [0.25, 0.3) is 0 Å². The number of carbonyl (C=O) groups excluding carboxylic acids is 1. The Morgan fingerprint density at radius 1 is 1.24 bits per heavy atom. The molecule has 1 amide bonds. The van der Waals surface area contributed by atoms with Gasteiger partial charge in [0, 0.05) is 14.0 Å². The minimum Gasteiger partial charge on any atom is -0.508 e. The maximum Gasteiger partial charge on any atom is 0.334 e. The predicted octanol–water partition coefficient (Wildman–Crippen LogP) is 1.17. The molecule has 1 atom stereocenters. The molecule has 0 aliphatic heterocycles. The average molecular weight is 237 g/mol. The number of benzene rings is 1. The Morgan fingerprint density at radius 3 is 2.06 bits per heavy atom. The van der Waals surface area contributed by atoms with E-state index >= 15 is 0 Å². The standard InChI is InChI=1S/C12H15NO4/c1-8(14)13(3)12(2,11(16)17)9-4-6-10(15)7-5-9/h4-7,15H,1-3H3,(H,16,17). The summed E-state index contributed by atoms with van der Waals surface area (Å²) in [4.78, 5) is 23.9. The summed E-state index contributed by atoms with van der Waals surface area (Å²) in [5, 5.41) is 18.5. The van der Waals surface area contributed by atoms with Gasteiger partial charge in [0.05, 0.1) is 0 Å². The Kier molecular flexibility index (Phi) is 3.41. The van der Waals surface area contributed by atoms with E-state index < -0.39 is 11.5 Å². The van der Waals surface area contributed by atoms with E-state index in [0.29, 0.717) is 5.56 Å². The van der Waals surface area contributed by atoms with E-state index in [2.05, 4.69) is 0 Å². The first kappa shape index (κ1) is 13.0. The molecule has 0 fully saturated rings. The lowest BCUT2D eigenvalue weighted by Gasteiger charge is -2.34. The summed E-state index contributed by atoms with van der Waals surface area (Å²) in [5.41, 5.74) is -1.01. The van der Waals surface area contributed by atoms with Crippen molar-refractivity contribution in [2.45, 2.75) is 19.4 Å². The zero-order chi connectivity index (χ0) is 13.2. The number of carboxylic acid groups (broad SMARTS) is 1. The van der Waals surface area contributed by atoms with Gasteiger partial charge in [0.25, 0.3) is 0 Å². The number of nitrogens with zero attached hydrogens (tertiary/aromatic N) is 1. The van der Waals surface area contributed by atoms with E-state index in [4.69, 9.17) is 0 Å². The van der Waals surface area contributed by atoms with E-state index in [0.717, 1.165) is 4.90 Å². The van der Waals surface area contributed by atoms with Crippen LogP contribution in [-0.4, -0.2) is 34.0 Å². The number of phenols is 1. The van der Waals surface area contributed by atoms with Gasteiger partial charge in [-0.3, -0.25) is 4.79 Å². The second kappa shape index (κ2) is 4.45. The Morgan fingerprint density at radius 2 is 1.71 bits per heavy atom. The molecule has 17 heavy (non-hydrogen) atoms. The second-order valence-corrected chi connectivity index (χ2v) is 4.00. The number of aliphatic carboxylic acids is 1. The van der Waals surface area contributed by atoms with Gasteiger partial charge in [0.2, 0.25) is 5.91 Å². The van der Waals surface area contributed by atoms with Crippen molar-refractivity contribution in [1.29, 1.82) is 0 Å². The highest BCUT2D eigenvalue weighted by Crippen LogP contribution is 2.28. The van der Waals surface area contributed by atoms with Crippen molar-refractivity contribution < 1.29 is 19.8 Å². The van der Waals surface area contributed by atoms with Gasteiger partial charge in [-0.25, -0.2) is 4.79 Å². The number of carboxylic acids is 1. The topological polar surface area (TPSA) is 77.8 Å². The SMILES string of the molecule is CC(=O)N(C)C(C)(C(=O)O)c1ccc(O)cc1. The molecule has 1 unspecified atom stereocenters. The molecule has 2 N–H and O–H groups in total. The van der Waals surface area contributed by atoms with Crippen molar-refractivity contribution in [3.05, 3.63) is 29.8 Å². The second-order valence-electron chi connectivity index (χ2n) is 4.00. The summed E-state index contributed by atoms with van der Waals surface area (Å²) in [6, 6.07) is 5.76. The van der Waals surface area contributed by atoms with Crippen LogP contribution in [-0.2, 0) is 15.1 Å². The molecule has 0 aliphatic rings. The summed E-state index contributed by atoms with van der Waals surface area (Å²) < 4.78 is 0. The quantitative estimate of drug-likeness (QED) is 0.827.